The molecule has 1 N–H and O–H groups in total. The molecule has 0 saturated carbocycles. The Hall–Kier alpha value is -2.23. The van der Waals surface area contributed by atoms with Gasteiger partial charge in [0.15, 0.2) is 0 Å². The normalized spacial score (nSPS) is 14.1. The summed E-state index contributed by atoms with van der Waals surface area (Å²) in [6, 6.07) is 10.8. The molecule has 0 spiro atoms. The van der Waals surface area contributed by atoms with E-state index in [1.54, 1.807) is 0 Å². The first-order valence-electron chi connectivity index (χ1n) is 6.45. The maximum absolute atomic E-state index is 13.1. The van der Waals surface area contributed by atoms with E-state index in [0.717, 1.165) is 31.0 Å². The minimum atomic E-state index is -0.746. The van der Waals surface area contributed by atoms with Crippen LogP contribution < -0.4 is 5.32 Å². The predicted molar refractivity (Wildman–Crippen MR) is 71.5 cm³/mol. The van der Waals surface area contributed by atoms with Crippen molar-refractivity contribution < 1.29 is 13.6 Å². The van der Waals surface area contributed by atoms with E-state index in [1.165, 1.54) is 11.1 Å². The second-order valence-corrected chi connectivity index (χ2v) is 5.01. The van der Waals surface area contributed by atoms with Crippen molar-refractivity contribution in [3.05, 3.63) is 70.8 Å². The van der Waals surface area contributed by atoms with Crippen molar-refractivity contribution in [2.45, 2.75) is 18.9 Å². The summed E-state index contributed by atoms with van der Waals surface area (Å²) in [4.78, 5) is 12.0. The fourth-order valence-corrected chi connectivity index (χ4v) is 2.61. The van der Waals surface area contributed by atoms with Crippen molar-refractivity contribution in [3.8, 4) is 0 Å². The first-order chi connectivity index (χ1) is 9.61. The van der Waals surface area contributed by atoms with E-state index in [0.29, 0.717) is 0 Å². The Balaban J connectivity index is 1.72. The largest absolute Gasteiger partial charge is 0.349 e. The minimum Gasteiger partial charge on any atom is -0.349 e. The highest BCUT2D eigenvalue weighted by Gasteiger charge is 2.23. The van der Waals surface area contributed by atoms with Gasteiger partial charge in [0.25, 0.3) is 5.91 Å². The Kier molecular flexibility index (Phi) is 3.22. The highest BCUT2D eigenvalue weighted by Crippen LogP contribution is 2.22. The molecule has 1 amide bonds. The van der Waals surface area contributed by atoms with Crippen molar-refractivity contribution in [2.75, 3.05) is 0 Å². The second-order valence-electron chi connectivity index (χ2n) is 5.01. The molecule has 0 unspecified atom stereocenters. The molecule has 2 aromatic rings. The maximum atomic E-state index is 13.1. The van der Waals surface area contributed by atoms with Gasteiger partial charge < -0.3 is 5.32 Å². The third-order valence-corrected chi connectivity index (χ3v) is 3.51. The number of rotatable bonds is 2. The number of halogens is 2. The number of benzene rings is 2. The molecule has 3 rings (SSSR count). The van der Waals surface area contributed by atoms with Gasteiger partial charge in [-0.3, -0.25) is 4.79 Å². The number of carbonyl (C=O) groups excluding carboxylic acids is 1. The van der Waals surface area contributed by atoms with Crippen molar-refractivity contribution in [1.82, 2.24) is 5.32 Å². The number of hydrogen-bond donors (Lipinski definition) is 1. The number of amides is 1. The van der Waals surface area contributed by atoms with Crippen molar-refractivity contribution in [3.63, 3.8) is 0 Å². The van der Waals surface area contributed by atoms with Crippen LogP contribution in [0.3, 0.4) is 0 Å². The van der Waals surface area contributed by atoms with Gasteiger partial charge >= 0.3 is 0 Å². The van der Waals surface area contributed by atoms with Crippen LogP contribution in [0.4, 0.5) is 8.78 Å². The summed E-state index contributed by atoms with van der Waals surface area (Å²) in [7, 11) is 0. The van der Waals surface area contributed by atoms with Crippen LogP contribution in [0.15, 0.2) is 42.5 Å². The van der Waals surface area contributed by atoms with Gasteiger partial charge in [-0.15, -0.1) is 0 Å². The third kappa shape index (κ3) is 2.54. The Labute approximate surface area is 115 Å². The van der Waals surface area contributed by atoms with E-state index in [2.05, 4.69) is 5.32 Å². The zero-order chi connectivity index (χ0) is 14.1. The fraction of sp³-hybridized carbons (Fsp3) is 0.188. The van der Waals surface area contributed by atoms with Crippen molar-refractivity contribution in [1.29, 1.82) is 0 Å². The van der Waals surface area contributed by atoms with Crippen LogP contribution in [0.25, 0.3) is 0 Å². The quantitative estimate of drug-likeness (QED) is 0.895. The van der Waals surface area contributed by atoms with Crippen molar-refractivity contribution >= 4 is 5.91 Å². The Morgan fingerprint density at radius 1 is 1.00 bits per heavy atom. The molecule has 20 heavy (non-hydrogen) atoms. The maximum Gasteiger partial charge on any atom is 0.251 e. The van der Waals surface area contributed by atoms with Gasteiger partial charge in [-0.05, 0) is 36.1 Å². The molecule has 0 fully saturated rings. The molecule has 0 aliphatic heterocycles. The van der Waals surface area contributed by atoms with E-state index < -0.39 is 17.5 Å². The predicted octanol–water partition coefficient (Wildman–Crippen LogP) is 2.86. The average molecular weight is 273 g/mol. The van der Waals surface area contributed by atoms with Crippen LogP contribution in [0, 0.1) is 11.6 Å². The Morgan fingerprint density at radius 3 is 2.10 bits per heavy atom. The lowest BCUT2D eigenvalue weighted by Crippen LogP contribution is -2.35. The molecule has 0 saturated heterocycles. The topological polar surface area (TPSA) is 29.1 Å². The van der Waals surface area contributed by atoms with Crippen LogP contribution in [-0.2, 0) is 12.8 Å². The molecule has 2 aromatic carbocycles. The van der Waals surface area contributed by atoms with E-state index in [1.807, 2.05) is 24.3 Å². The zero-order valence-electron chi connectivity index (χ0n) is 10.7. The fourth-order valence-electron chi connectivity index (χ4n) is 2.61. The standard InChI is InChI=1S/C16H13F2NO/c17-13-5-12(6-14(18)9-13)16(20)19-15-7-10-3-1-2-4-11(10)8-15/h1-6,9,15H,7-8H2,(H,19,20). The molecule has 1 aliphatic carbocycles. The molecular formula is C16H13F2NO. The van der Waals surface area contributed by atoms with Gasteiger partial charge in [0.1, 0.15) is 11.6 Å². The summed E-state index contributed by atoms with van der Waals surface area (Å²) >= 11 is 0. The number of carbonyl (C=O) groups is 1. The monoisotopic (exact) mass is 273 g/mol. The molecule has 0 heterocycles. The van der Waals surface area contributed by atoms with Gasteiger partial charge in [0.2, 0.25) is 0 Å². The third-order valence-electron chi connectivity index (χ3n) is 3.51. The molecular weight excluding hydrogens is 260 g/mol. The summed E-state index contributed by atoms with van der Waals surface area (Å²) in [6.45, 7) is 0. The molecule has 2 nitrogen and oxygen atoms in total. The first-order valence-corrected chi connectivity index (χ1v) is 6.45. The number of nitrogens with one attached hydrogen (secondary N) is 1. The van der Waals surface area contributed by atoms with Crippen LogP contribution in [0.1, 0.15) is 21.5 Å². The van der Waals surface area contributed by atoms with Gasteiger partial charge in [-0.25, -0.2) is 8.78 Å². The second kappa shape index (κ2) is 5.04. The highest BCUT2D eigenvalue weighted by molar-refractivity contribution is 5.94. The Morgan fingerprint density at radius 2 is 1.55 bits per heavy atom. The average Bonchev–Trinajstić information content (AvgIpc) is 2.79. The number of fused-ring (bicyclic) bond motifs is 1. The van der Waals surface area contributed by atoms with Crippen LogP contribution in [-0.4, -0.2) is 11.9 Å². The summed E-state index contributed by atoms with van der Waals surface area (Å²) in [5.74, 6) is -1.93. The lowest BCUT2D eigenvalue weighted by Gasteiger charge is -2.12. The number of hydrogen-bond acceptors (Lipinski definition) is 1. The Bertz CT molecular complexity index is 624. The van der Waals surface area contributed by atoms with Crippen LogP contribution >= 0.6 is 0 Å². The van der Waals surface area contributed by atoms with Gasteiger partial charge in [-0.1, -0.05) is 24.3 Å². The summed E-state index contributed by atoms with van der Waals surface area (Å²) in [5, 5.41) is 2.82. The summed E-state index contributed by atoms with van der Waals surface area (Å²) < 4.78 is 26.2. The summed E-state index contributed by atoms with van der Waals surface area (Å²) in [6.07, 6.45) is 1.50. The smallest absolute Gasteiger partial charge is 0.251 e. The van der Waals surface area contributed by atoms with E-state index in [9.17, 15) is 13.6 Å². The lowest BCUT2D eigenvalue weighted by atomic mass is 10.1. The van der Waals surface area contributed by atoms with Crippen LogP contribution in [0.2, 0.25) is 0 Å². The van der Waals surface area contributed by atoms with Gasteiger partial charge in [0.05, 0.1) is 0 Å². The lowest BCUT2D eigenvalue weighted by molar-refractivity contribution is 0.0937. The molecule has 0 atom stereocenters. The highest BCUT2D eigenvalue weighted by atomic mass is 19.1. The summed E-state index contributed by atoms with van der Waals surface area (Å²) in [5.41, 5.74) is 2.44. The van der Waals surface area contributed by atoms with E-state index >= 15 is 0 Å². The van der Waals surface area contributed by atoms with Gasteiger partial charge in [-0.2, -0.15) is 0 Å². The van der Waals surface area contributed by atoms with Crippen LogP contribution in [0.5, 0.6) is 0 Å². The molecule has 102 valence electrons. The van der Waals surface area contributed by atoms with E-state index in [-0.39, 0.29) is 11.6 Å². The zero-order valence-corrected chi connectivity index (χ0v) is 10.7. The molecule has 0 bridgehead atoms. The van der Waals surface area contributed by atoms with Crippen molar-refractivity contribution in [2.24, 2.45) is 0 Å². The van der Waals surface area contributed by atoms with Gasteiger partial charge in [0, 0.05) is 17.7 Å². The van der Waals surface area contributed by atoms with E-state index in [4.69, 9.17) is 0 Å². The molecule has 0 radical (unpaired) electrons. The SMILES string of the molecule is O=C(NC1Cc2ccccc2C1)c1cc(F)cc(F)c1. The first kappa shape index (κ1) is 12.8. The molecule has 1 aliphatic rings. The minimum absolute atomic E-state index is 0.0125. The molecule has 4 heteroatoms. The molecule has 0 aromatic heterocycles.